The monoisotopic (exact) mass is 370 g/mol. The van der Waals surface area contributed by atoms with E-state index in [1.807, 2.05) is 44.2 Å². The van der Waals surface area contributed by atoms with Gasteiger partial charge in [0.05, 0.1) is 5.56 Å². The Hall–Kier alpha value is -2.79. The van der Waals surface area contributed by atoms with E-state index in [9.17, 15) is 4.79 Å². The molecule has 0 aliphatic rings. The van der Waals surface area contributed by atoms with E-state index in [2.05, 4.69) is 10.5 Å². The van der Waals surface area contributed by atoms with Crippen molar-refractivity contribution in [2.24, 2.45) is 0 Å². The fourth-order valence-corrected chi connectivity index (χ4v) is 2.64. The maximum atomic E-state index is 12.6. The van der Waals surface area contributed by atoms with Crippen molar-refractivity contribution in [2.45, 2.75) is 27.4 Å². The SMILES string of the molecule is Cc1cccc(OCc2c(C(=O)Nc3ccc(C)c(Cl)c3)noc2C)c1. The van der Waals surface area contributed by atoms with Crippen LogP contribution in [0.2, 0.25) is 5.02 Å². The summed E-state index contributed by atoms with van der Waals surface area (Å²) < 4.78 is 11.0. The molecule has 5 nitrogen and oxygen atoms in total. The summed E-state index contributed by atoms with van der Waals surface area (Å²) in [4.78, 5) is 12.6. The zero-order valence-corrected chi connectivity index (χ0v) is 15.6. The third-order valence-corrected chi connectivity index (χ3v) is 4.41. The van der Waals surface area contributed by atoms with Gasteiger partial charge in [0.1, 0.15) is 18.1 Å². The lowest BCUT2D eigenvalue weighted by molar-refractivity contribution is 0.101. The van der Waals surface area contributed by atoms with Gasteiger partial charge >= 0.3 is 0 Å². The van der Waals surface area contributed by atoms with Crippen LogP contribution < -0.4 is 10.1 Å². The molecule has 1 amide bonds. The minimum atomic E-state index is -0.371. The zero-order chi connectivity index (χ0) is 18.7. The molecule has 0 bridgehead atoms. The van der Waals surface area contributed by atoms with Crippen LogP contribution in [0.1, 0.15) is 32.9 Å². The summed E-state index contributed by atoms with van der Waals surface area (Å²) in [6, 6.07) is 13.0. The highest BCUT2D eigenvalue weighted by molar-refractivity contribution is 6.31. The number of hydrogen-bond donors (Lipinski definition) is 1. The van der Waals surface area contributed by atoms with Crippen molar-refractivity contribution < 1.29 is 14.1 Å². The van der Waals surface area contributed by atoms with Crippen molar-refractivity contribution in [2.75, 3.05) is 5.32 Å². The van der Waals surface area contributed by atoms with E-state index in [0.717, 1.165) is 16.9 Å². The van der Waals surface area contributed by atoms with Gasteiger partial charge in [0.2, 0.25) is 0 Å². The van der Waals surface area contributed by atoms with Crippen LogP contribution in [0.4, 0.5) is 5.69 Å². The summed E-state index contributed by atoms with van der Waals surface area (Å²) in [7, 11) is 0. The zero-order valence-electron chi connectivity index (χ0n) is 14.8. The lowest BCUT2D eigenvalue weighted by Gasteiger charge is -2.08. The average Bonchev–Trinajstić information content (AvgIpc) is 2.97. The van der Waals surface area contributed by atoms with Crippen LogP contribution in [-0.2, 0) is 6.61 Å². The Labute approximate surface area is 156 Å². The number of benzene rings is 2. The van der Waals surface area contributed by atoms with Crippen molar-refractivity contribution in [3.05, 3.63) is 75.6 Å². The molecular weight excluding hydrogens is 352 g/mol. The third-order valence-electron chi connectivity index (χ3n) is 4.00. The summed E-state index contributed by atoms with van der Waals surface area (Å²) in [5, 5.41) is 7.25. The molecule has 2 aromatic carbocycles. The molecule has 0 saturated heterocycles. The predicted octanol–water partition coefficient (Wildman–Crippen LogP) is 5.08. The Morgan fingerprint density at radius 1 is 1.19 bits per heavy atom. The molecule has 0 atom stereocenters. The van der Waals surface area contributed by atoms with E-state index in [-0.39, 0.29) is 18.2 Å². The van der Waals surface area contributed by atoms with Crippen molar-refractivity contribution >= 4 is 23.2 Å². The molecule has 0 radical (unpaired) electrons. The smallest absolute Gasteiger partial charge is 0.278 e. The maximum Gasteiger partial charge on any atom is 0.278 e. The number of carbonyl (C=O) groups excluding carboxylic acids is 1. The van der Waals surface area contributed by atoms with Gasteiger partial charge < -0.3 is 14.6 Å². The van der Waals surface area contributed by atoms with E-state index in [1.165, 1.54) is 0 Å². The van der Waals surface area contributed by atoms with Gasteiger partial charge in [-0.05, 0) is 56.2 Å². The molecule has 134 valence electrons. The van der Waals surface area contributed by atoms with E-state index < -0.39 is 0 Å². The Balaban J connectivity index is 1.76. The number of carbonyl (C=O) groups is 1. The topological polar surface area (TPSA) is 64.4 Å². The van der Waals surface area contributed by atoms with Crippen molar-refractivity contribution in [3.8, 4) is 5.75 Å². The summed E-state index contributed by atoms with van der Waals surface area (Å²) in [6.45, 7) is 5.83. The van der Waals surface area contributed by atoms with E-state index in [1.54, 1.807) is 19.1 Å². The first-order chi connectivity index (χ1) is 12.4. The molecule has 0 spiro atoms. The van der Waals surface area contributed by atoms with Gasteiger partial charge in [-0.25, -0.2) is 0 Å². The number of amides is 1. The van der Waals surface area contributed by atoms with E-state index in [4.69, 9.17) is 20.9 Å². The molecule has 1 heterocycles. The molecule has 1 N–H and O–H groups in total. The standard InChI is InChI=1S/C20H19ClN2O3/c1-12-5-4-6-16(9-12)25-11-17-14(3)26-23-19(17)20(24)22-15-8-7-13(2)18(21)10-15/h4-10H,11H2,1-3H3,(H,22,24). The number of rotatable bonds is 5. The van der Waals surface area contributed by atoms with E-state index in [0.29, 0.717) is 22.0 Å². The summed E-state index contributed by atoms with van der Waals surface area (Å²) in [5.74, 6) is 0.900. The van der Waals surface area contributed by atoms with Gasteiger partial charge in [-0.1, -0.05) is 35.0 Å². The van der Waals surface area contributed by atoms with Crippen LogP contribution in [-0.4, -0.2) is 11.1 Å². The van der Waals surface area contributed by atoms with Crippen LogP contribution in [0.5, 0.6) is 5.75 Å². The molecule has 0 unspecified atom stereocenters. The van der Waals surface area contributed by atoms with Gasteiger partial charge in [-0.15, -0.1) is 0 Å². The lowest BCUT2D eigenvalue weighted by atomic mass is 10.2. The number of anilines is 1. The second kappa shape index (κ2) is 7.62. The van der Waals surface area contributed by atoms with E-state index >= 15 is 0 Å². The Morgan fingerprint density at radius 3 is 2.73 bits per heavy atom. The molecule has 3 rings (SSSR count). The number of ether oxygens (including phenoxy) is 1. The fourth-order valence-electron chi connectivity index (χ4n) is 2.46. The molecule has 1 aromatic heterocycles. The van der Waals surface area contributed by atoms with Crippen molar-refractivity contribution in [1.82, 2.24) is 5.16 Å². The number of aromatic nitrogens is 1. The fraction of sp³-hybridized carbons (Fsp3) is 0.200. The number of aryl methyl sites for hydroxylation is 3. The lowest BCUT2D eigenvalue weighted by Crippen LogP contribution is -2.15. The summed E-state index contributed by atoms with van der Waals surface area (Å²) in [5.41, 5.74) is 3.44. The van der Waals surface area contributed by atoms with Crippen LogP contribution in [0.15, 0.2) is 47.0 Å². The minimum absolute atomic E-state index is 0.191. The number of nitrogens with one attached hydrogen (secondary N) is 1. The Kier molecular flexibility index (Phi) is 5.28. The number of halogens is 1. The molecule has 3 aromatic rings. The Bertz CT molecular complexity index is 950. The first-order valence-corrected chi connectivity index (χ1v) is 8.54. The Morgan fingerprint density at radius 2 is 2.00 bits per heavy atom. The van der Waals surface area contributed by atoms with Crippen molar-refractivity contribution in [1.29, 1.82) is 0 Å². The molecule has 6 heteroatoms. The quantitative estimate of drug-likeness (QED) is 0.679. The van der Waals surface area contributed by atoms with Gasteiger partial charge in [-0.2, -0.15) is 0 Å². The van der Waals surface area contributed by atoms with Gasteiger partial charge in [-0.3, -0.25) is 4.79 Å². The normalized spacial score (nSPS) is 10.6. The van der Waals surface area contributed by atoms with Gasteiger partial charge in [0.25, 0.3) is 5.91 Å². The summed E-state index contributed by atoms with van der Waals surface area (Å²) in [6.07, 6.45) is 0. The predicted molar refractivity (Wildman–Crippen MR) is 101 cm³/mol. The highest BCUT2D eigenvalue weighted by Gasteiger charge is 2.20. The molecule has 0 saturated carbocycles. The third kappa shape index (κ3) is 4.06. The molecular formula is C20H19ClN2O3. The first-order valence-electron chi connectivity index (χ1n) is 8.16. The molecule has 0 fully saturated rings. The van der Waals surface area contributed by atoms with Crippen molar-refractivity contribution in [3.63, 3.8) is 0 Å². The first kappa shape index (κ1) is 18.0. The molecule has 26 heavy (non-hydrogen) atoms. The number of hydrogen-bond acceptors (Lipinski definition) is 4. The number of nitrogens with zero attached hydrogens (tertiary/aromatic N) is 1. The second-order valence-corrected chi connectivity index (χ2v) is 6.50. The van der Waals surface area contributed by atoms with Crippen LogP contribution in [0.25, 0.3) is 0 Å². The highest BCUT2D eigenvalue weighted by atomic mass is 35.5. The van der Waals surface area contributed by atoms with Crippen LogP contribution in [0, 0.1) is 20.8 Å². The molecule has 0 aliphatic heterocycles. The van der Waals surface area contributed by atoms with Gasteiger partial charge in [0, 0.05) is 10.7 Å². The summed E-state index contributed by atoms with van der Waals surface area (Å²) >= 11 is 6.10. The second-order valence-electron chi connectivity index (χ2n) is 6.09. The average molecular weight is 371 g/mol. The molecule has 0 aliphatic carbocycles. The van der Waals surface area contributed by atoms with Crippen LogP contribution in [0.3, 0.4) is 0 Å². The van der Waals surface area contributed by atoms with Gasteiger partial charge in [0.15, 0.2) is 5.69 Å². The maximum absolute atomic E-state index is 12.6. The largest absolute Gasteiger partial charge is 0.489 e. The highest BCUT2D eigenvalue weighted by Crippen LogP contribution is 2.22. The van der Waals surface area contributed by atoms with Crippen LogP contribution >= 0.6 is 11.6 Å². The minimum Gasteiger partial charge on any atom is -0.489 e.